The Morgan fingerprint density at radius 1 is 0.892 bits per heavy atom. The van der Waals surface area contributed by atoms with Crippen molar-refractivity contribution in [1.29, 1.82) is 0 Å². The number of ether oxygens (including phenoxy) is 3. The Hall–Kier alpha value is -3.44. The molecule has 1 fully saturated rings. The molecule has 1 aliphatic carbocycles. The molecule has 0 unspecified atom stereocenters. The summed E-state index contributed by atoms with van der Waals surface area (Å²) < 4.78 is 88.5. The number of ketones is 1. The molecule has 0 radical (unpaired) electrons. The van der Waals surface area contributed by atoms with Gasteiger partial charge in [-0.2, -0.15) is 0 Å². The largest absolute Gasteiger partial charge is 0.573 e. The Balaban J connectivity index is 1.52. The van der Waals surface area contributed by atoms with Crippen molar-refractivity contribution >= 4 is 17.4 Å². The number of rotatable bonds is 9. The summed E-state index contributed by atoms with van der Waals surface area (Å²) in [5.74, 6) is -1.22. The van der Waals surface area contributed by atoms with Gasteiger partial charge in [-0.05, 0) is 61.4 Å². The minimum absolute atomic E-state index is 0.0160. The number of Topliss-reactive ketones (excluding diaryl/α,β-unsaturated/α-hetero) is 1. The highest BCUT2D eigenvalue weighted by atomic mass is 19.4. The van der Waals surface area contributed by atoms with Crippen molar-refractivity contribution in [1.82, 2.24) is 0 Å². The van der Waals surface area contributed by atoms with E-state index in [-0.39, 0.29) is 47.8 Å². The van der Waals surface area contributed by atoms with Gasteiger partial charge in [0.25, 0.3) is 0 Å². The van der Waals surface area contributed by atoms with Crippen molar-refractivity contribution in [2.75, 3.05) is 5.32 Å². The van der Waals surface area contributed by atoms with Crippen molar-refractivity contribution < 1.29 is 50.1 Å². The van der Waals surface area contributed by atoms with Gasteiger partial charge in [0.1, 0.15) is 23.0 Å². The van der Waals surface area contributed by atoms with Crippen LogP contribution >= 0.6 is 0 Å². The zero-order chi connectivity index (χ0) is 27.2. The average molecular weight is 533 g/mol. The van der Waals surface area contributed by atoms with Crippen molar-refractivity contribution in [2.24, 2.45) is 5.92 Å². The highest BCUT2D eigenvalue weighted by Crippen LogP contribution is 2.36. The van der Waals surface area contributed by atoms with Crippen molar-refractivity contribution in [3.8, 4) is 17.2 Å². The molecule has 0 atom stereocenters. The quantitative estimate of drug-likeness (QED) is 0.369. The minimum Gasteiger partial charge on any atom is -0.488 e. The number of alkyl halides is 6. The molecule has 0 aliphatic heterocycles. The van der Waals surface area contributed by atoms with Crippen molar-refractivity contribution in [3.63, 3.8) is 0 Å². The Labute approximate surface area is 208 Å². The van der Waals surface area contributed by atoms with E-state index in [4.69, 9.17) is 4.74 Å². The molecule has 2 aromatic rings. The Morgan fingerprint density at radius 3 is 2.11 bits per heavy atom. The number of hydrogen-bond donors (Lipinski definition) is 1. The molecule has 0 heterocycles. The summed E-state index contributed by atoms with van der Waals surface area (Å²) in [4.78, 5) is 24.0. The van der Waals surface area contributed by atoms with Gasteiger partial charge in [-0.15, -0.1) is 26.3 Å². The molecule has 12 heteroatoms. The smallest absolute Gasteiger partial charge is 0.488 e. The maximum absolute atomic E-state index is 12.5. The Morgan fingerprint density at radius 2 is 1.51 bits per heavy atom. The zero-order valence-electron chi connectivity index (χ0n) is 19.7. The monoisotopic (exact) mass is 533 g/mol. The summed E-state index contributed by atoms with van der Waals surface area (Å²) in [6.45, 7) is 1.21. The lowest BCUT2D eigenvalue weighted by Gasteiger charge is -2.29. The second-order valence-electron chi connectivity index (χ2n) is 8.76. The van der Waals surface area contributed by atoms with Crippen LogP contribution in [-0.2, 0) is 16.0 Å². The second kappa shape index (κ2) is 11.7. The molecule has 0 aromatic heterocycles. The summed E-state index contributed by atoms with van der Waals surface area (Å²) in [5, 5.41) is 2.44. The molecule has 1 amide bonds. The van der Waals surface area contributed by atoms with Gasteiger partial charge in [-0.3, -0.25) is 9.59 Å². The average Bonchev–Trinajstić information content (AvgIpc) is 2.74. The number of halogens is 6. The van der Waals surface area contributed by atoms with Gasteiger partial charge in [0.15, 0.2) is 0 Å². The van der Waals surface area contributed by atoms with Crippen LogP contribution in [0.3, 0.4) is 0 Å². The fourth-order valence-electron chi connectivity index (χ4n) is 4.20. The second-order valence-corrected chi connectivity index (χ2v) is 8.76. The number of carbonyl (C=O) groups excluding carboxylic acids is 2. The number of amides is 1. The number of anilines is 1. The molecule has 0 spiro atoms. The highest BCUT2D eigenvalue weighted by Gasteiger charge is 2.32. The standard InChI is InChI=1S/C25H25F6NO5/c1-15(33)32-22-14-21(37-25(29,30)31)9-10-23(22)35-19-7-5-16(6-8-19)11-18(34)12-17-3-2-4-20(13-17)36-24(26,27)28/h2-4,9-10,13-14,16,19H,5-8,11-12H2,1H3,(H,32,33). The highest BCUT2D eigenvalue weighted by molar-refractivity contribution is 5.90. The number of benzene rings is 2. The first-order valence-corrected chi connectivity index (χ1v) is 11.5. The van der Waals surface area contributed by atoms with E-state index in [1.807, 2.05) is 0 Å². The molecule has 37 heavy (non-hydrogen) atoms. The maximum Gasteiger partial charge on any atom is 0.573 e. The van der Waals surface area contributed by atoms with Gasteiger partial charge in [-0.25, -0.2) is 0 Å². The Kier molecular flexibility index (Phi) is 8.93. The van der Waals surface area contributed by atoms with Crippen LogP contribution < -0.4 is 19.5 Å². The number of hydrogen-bond acceptors (Lipinski definition) is 5. The summed E-state index contributed by atoms with van der Waals surface area (Å²) in [7, 11) is 0. The van der Waals surface area contributed by atoms with Crippen molar-refractivity contribution in [2.45, 2.75) is 64.3 Å². The third-order valence-electron chi connectivity index (χ3n) is 5.63. The lowest BCUT2D eigenvalue weighted by Crippen LogP contribution is -2.26. The van der Waals surface area contributed by atoms with Crippen LogP contribution in [0.25, 0.3) is 0 Å². The predicted molar refractivity (Wildman–Crippen MR) is 120 cm³/mol. The minimum atomic E-state index is -4.88. The van der Waals surface area contributed by atoms with E-state index < -0.39 is 24.4 Å². The topological polar surface area (TPSA) is 73.9 Å². The first-order valence-electron chi connectivity index (χ1n) is 11.5. The van der Waals surface area contributed by atoms with Crippen LogP contribution in [0.15, 0.2) is 42.5 Å². The first kappa shape index (κ1) is 28.1. The van der Waals surface area contributed by atoms with E-state index in [1.165, 1.54) is 25.1 Å². The SMILES string of the molecule is CC(=O)Nc1cc(OC(F)(F)F)ccc1OC1CCC(CC(=O)Cc2cccc(OC(F)(F)F)c2)CC1. The molecule has 1 N–H and O–H groups in total. The number of carbonyl (C=O) groups is 2. The van der Waals surface area contributed by atoms with Crippen LogP contribution in [0, 0.1) is 5.92 Å². The van der Waals surface area contributed by atoms with Crippen LogP contribution in [0.5, 0.6) is 17.2 Å². The Bertz CT molecular complexity index is 1090. The fraction of sp³-hybridized carbons (Fsp3) is 0.440. The summed E-state index contributed by atoms with van der Waals surface area (Å²) in [6.07, 6.45) is -7.27. The molecule has 6 nitrogen and oxygen atoms in total. The molecular weight excluding hydrogens is 508 g/mol. The third kappa shape index (κ3) is 9.85. The molecule has 3 rings (SSSR count). The molecule has 1 saturated carbocycles. The molecule has 2 aromatic carbocycles. The van der Waals surface area contributed by atoms with Crippen LogP contribution in [0.4, 0.5) is 32.0 Å². The first-order chi connectivity index (χ1) is 17.3. The van der Waals surface area contributed by atoms with Gasteiger partial charge < -0.3 is 19.5 Å². The molecule has 1 aliphatic rings. The predicted octanol–water partition coefficient (Wildman–Crippen LogP) is 6.58. The van der Waals surface area contributed by atoms with E-state index in [0.29, 0.717) is 31.2 Å². The van der Waals surface area contributed by atoms with Gasteiger partial charge in [0.05, 0.1) is 11.8 Å². The molecule has 202 valence electrons. The van der Waals surface area contributed by atoms with E-state index in [1.54, 1.807) is 6.07 Å². The van der Waals surface area contributed by atoms with Crippen LogP contribution in [0.1, 0.15) is 44.6 Å². The molecule has 0 saturated heterocycles. The van der Waals surface area contributed by atoms with Gasteiger partial charge >= 0.3 is 12.7 Å². The maximum atomic E-state index is 12.5. The van der Waals surface area contributed by atoms with E-state index >= 15 is 0 Å². The summed E-state index contributed by atoms with van der Waals surface area (Å²) in [6, 6.07) is 8.71. The molecular formula is C25H25F6NO5. The lowest BCUT2D eigenvalue weighted by molar-refractivity contribution is -0.275. The van der Waals surface area contributed by atoms with E-state index in [2.05, 4.69) is 14.8 Å². The summed E-state index contributed by atoms with van der Waals surface area (Å²) in [5.41, 5.74) is 0.468. The van der Waals surface area contributed by atoms with E-state index in [9.17, 15) is 35.9 Å². The van der Waals surface area contributed by atoms with Crippen molar-refractivity contribution in [3.05, 3.63) is 48.0 Å². The number of nitrogens with one attached hydrogen (secondary N) is 1. The van der Waals surface area contributed by atoms with Gasteiger partial charge in [-0.1, -0.05) is 12.1 Å². The van der Waals surface area contributed by atoms with Crippen LogP contribution in [0.2, 0.25) is 0 Å². The van der Waals surface area contributed by atoms with Gasteiger partial charge in [0.2, 0.25) is 5.91 Å². The lowest BCUT2D eigenvalue weighted by atomic mass is 9.83. The molecule has 0 bridgehead atoms. The zero-order valence-corrected chi connectivity index (χ0v) is 19.7. The fourth-order valence-corrected chi connectivity index (χ4v) is 4.20. The third-order valence-corrected chi connectivity index (χ3v) is 5.63. The normalized spacial score (nSPS) is 18.1. The van der Waals surface area contributed by atoms with Gasteiger partial charge in [0, 0.05) is 25.8 Å². The van der Waals surface area contributed by atoms with E-state index in [0.717, 1.165) is 18.2 Å². The summed E-state index contributed by atoms with van der Waals surface area (Å²) >= 11 is 0. The van der Waals surface area contributed by atoms with Crippen LogP contribution in [-0.4, -0.2) is 30.5 Å².